The zero-order valence-electron chi connectivity index (χ0n) is 14.9. The Morgan fingerprint density at radius 2 is 1.75 bits per heavy atom. The quantitative estimate of drug-likeness (QED) is 0.237. The third kappa shape index (κ3) is 3.54. The highest BCUT2D eigenvalue weighted by Gasteiger charge is 2.34. The number of hydrogen-bond acceptors (Lipinski definition) is 7. The fourth-order valence-corrected chi connectivity index (χ4v) is 2.87. The van der Waals surface area contributed by atoms with Crippen LogP contribution in [-0.4, -0.2) is 47.9 Å². The van der Waals surface area contributed by atoms with Crippen molar-refractivity contribution in [1.29, 1.82) is 0 Å². The first-order valence-corrected chi connectivity index (χ1v) is 8.39. The highest BCUT2D eigenvalue weighted by molar-refractivity contribution is 6.21. The van der Waals surface area contributed by atoms with Gasteiger partial charge >= 0.3 is 11.7 Å². The minimum atomic E-state index is -0.742. The first kappa shape index (κ1) is 19.0. The normalized spacial score (nSPS) is 12.7. The molecule has 1 aliphatic rings. The summed E-state index contributed by atoms with van der Waals surface area (Å²) in [6, 6.07) is 10.3. The molecule has 0 saturated carbocycles. The van der Waals surface area contributed by atoms with Crippen molar-refractivity contribution >= 4 is 23.5 Å². The summed E-state index contributed by atoms with van der Waals surface area (Å²) in [6.45, 7) is 0.0501. The molecule has 2 aromatic carbocycles. The molecule has 0 bridgehead atoms. The van der Waals surface area contributed by atoms with E-state index < -0.39 is 10.9 Å². The maximum absolute atomic E-state index is 12.2. The minimum Gasteiger partial charge on any atom is -0.490 e. The zero-order chi connectivity index (χ0) is 20.3. The summed E-state index contributed by atoms with van der Waals surface area (Å²) in [5, 5.41) is 11.0. The van der Waals surface area contributed by atoms with Gasteiger partial charge in [0.25, 0.3) is 11.8 Å². The second-order valence-corrected chi connectivity index (χ2v) is 5.94. The number of amides is 2. The Morgan fingerprint density at radius 3 is 2.32 bits per heavy atom. The number of imide groups is 1. The van der Waals surface area contributed by atoms with Gasteiger partial charge in [-0.1, -0.05) is 12.1 Å². The van der Waals surface area contributed by atoms with E-state index in [2.05, 4.69) is 0 Å². The molecule has 2 aromatic rings. The molecule has 0 saturated heterocycles. The highest BCUT2D eigenvalue weighted by atomic mass is 16.6. The summed E-state index contributed by atoms with van der Waals surface area (Å²) < 4.78 is 9.97. The van der Waals surface area contributed by atoms with Crippen molar-refractivity contribution in [3.8, 4) is 5.75 Å². The fourth-order valence-electron chi connectivity index (χ4n) is 2.87. The number of fused-ring (bicyclic) bond motifs is 1. The largest absolute Gasteiger partial charge is 0.490 e. The van der Waals surface area contributed by atoms with Crippen LogP contribution in [0.1, 0.15) is 37.5 Å². The van der Waals surface area contributed by atoms with Gasteiger partial charge in [-0.3, -0.25) is 24.6 Å². The molecule has 0 atom stereocenters. The van der Waals surface area contributed by atoms with E-state index >= 15 is 0 Å². The molecule has 0 fully saturated rings. The number of benzene rings is 2. The Hall–Kier alpha value is -3.75. The van der Waals surface area contributed by atoms with Crippen molar-refractivity contribution < 1.29 is 28.8 Å². The third-order valence-electron chi connectivity index (χ3n) is 4.25. The lowest BCUT2D eigenvalue weighted by Gasteiger charge is -2.13. The minimum absolute atomic E-state index is 0.00762. The van der Waals surface area contributed by atoms with Gasteiger partial charge in [-0.2, -0.15) is 0 Å². The number of methoxy groups -OCH3 is 1. The van der Waals surface area contributed by atoms with Crippen molar-refractivity contribution in [2.45, 2.75) is 6.42 Å². The molecular formula is C19H16N2O7. The van der Waals surface area contributed by atoms with Crippen molar-refractivity contribution in [2.75, 3.05) is 20.3 Å². The van der Waals surface area contributed by atoms with Crippen LogP contribution >= 0.6 is 0 Å². The molecule has 3 rings (SSSR count). The molecular weight excluding hydrogens is 368 g/mol. The molecule has 0 N–H and O–H groups in total. The lowest BCUT2D eigenvalue weighted by Crippen LogP contribution is -2.31. The van der Waals surface area contributed by atoms with Gasteiger partial charge in [0.15, 0.2) is 5.75 Å². The maximum Gasteiger partial charge on any atom is 0.338 e. The molecule has 0 unspecified atom stereocenters. The molecule has 0 radical (unpaired) electrons. The van der Waals surface area contributed by atoms with Crippen LogP contribution < -0.4 is 4.74 Å². The number of rotatable bonds is 7. The van der Waals surface area contributed by atoms with Crippen molar-refractivity contribution in [2.24, 2.45) is 0 Å². The number of nitrogens with zero attached hydrogens (tertiary/aromatic N) is 2. The van der Waals surface area contributed by atoms with E-state index in [4.69, 9.17) is 9.47 Å². The fraction of sp³-hybridized carbons (Fsp3) is 0.211. The molecule has 28 heavy (non-hydrogen) atoms. The predicted octanol–water partition coefficient (Wildman–Crippen LogP) is 2.45. The van der Waals surface area contributed by atoms with Crippen molar-refractivity contribution in [3.63, 3.8) is 0 Å². The lowest BCUT2D eigenvalue weighted by molar-refractivity contribution is -0.385. The first-order chi connectivity index (χ1) is 13.4. The van der Waals surface area contributed by atoms with Gasteiger partial charge < -0.3 is 9.47 Å². The van der Waals surface area contributed by atoms with E-state index in [1.54, 1.807) is 24.3 Å². The van der Waals surface area contributed by atoms with E-state index in [1.807, 2.05) is 0 Å². The van der Waals surface area contributed by atoms with Crippen LogP contribution in [0.15, 0.2) is 42.5 Å². The molecule has 144 valence electrons. The van der Waals surface area contributed by atoms with Crippen LogP contribution in [0.4, 0.5) is 5.69 Å². The van der Waals surface area contributed by atoms with Gasteiger partial charge in [-0.05, 0) is 30.7 Å². The van der Waals surface area contributed by atoms with Crippen molar-refractivity contribution in [3.05, 3.63) is 69.3 Å². The summed E-state index contributed by atoms with van der Waals surface area (Å²) in [7, 11) is 1.29. The van der Waals surface area contributed by atoms with E-state index in [1.165, 1.54) is 19.2 Å². The second-order valence-electron chi connectivity index (χ2n) is 5.94. The number of nitro groups is 1. The Labute approximate surface area is 159 Å². The number of hydrogen-bond donors (Lipinski definition) is 0. The summed E-state index contributed by atoms with van der Waals surface area (Å²) >= 11 is 0. The lowest BCUT2D eigenvalue weighted by atomic mass is 10.1. The number of ether oxygens (including phenoxy) is 2. The second kappa shape index (κ2) is 7.87. The molecule has 1 aliphatic heterocycles. The van der Waals surface area contributed by atoms with Crippen LogP contribution in [0.5, 0.6) is 5.75 Å². The average molecular weight is 384 g/mol. The maximum atomic E-state index is 12.2. The van der Waals surface area contributed by atoms with Gasteiger partial charge in [0.05, 0.1) is 35.3 Å². The first-order valence-electron chi connectivity index (χ1n) is 8.39. The smallest absolute Gasteiger partial charge is 0.338 e. The molecule has 9 nitrogen and oxygen atoms in total. The SMILES string of the molecule is COc1ccc(C(=O)OCCCN2C(=O)c3ccccc3C2=O)cc1[N+](=O)[O-]. The summed E-state index contributed by atoms with van der Waals surface area (Å²) in [5.74, 6) is -1.46. The van der Waals surface area contributed by atoms with Crippen molar-refractivity contribution in [1.82, 2.24) is 4.90 Å². The summed E-state index contributed by atoms with van der Waals surface area (Å²) in [6.07, 6.45) is 0.245. The monoisotopic (exact) mass is 384 g/mol. The predicted molar refractivity (Wildman–Crippen MR) is 96.4 cm³/mol. The number of carbonyl (C=O) groups is 3. The standard InChI is InChI=1S/C19H16N2O7/c1-27-16-8-7-12(11-15(16)21(25)26)19(24)28-10-4-9-20-17(22)13-5-2-3-6-14(13)18(20)23/h2-3,5-8,11H,4,9-10H2,1H3. The van der Waals surface area contributed by atoms with Gasteiger partial charge in [0.1, 0.15) is 0 Å². The number of esters is 1. The zero-order valence-corrected chi connectivity index (χ0v) is 14.9. The van der Waals surface area contributed by atoms with Gasteiger partial charge in [0.2, 0.25) is 0 Å². The van der Waals surface area contributed by atoms with Crippen LogP contribution in [0.3, 0.4) is 0 Å². The van der Waals surface area contributed by atoms with Crippen LogP contribution in [-0.2, 0) is 4.74 Å². The molecule has 0 spiro atoms. The Balaban J connectivity index is 1.56. The van der Waals surface area contributed by atoms with E-state index in [0.29, 0.717) is 11.1 Å². The van der Waals surface area contributed by atoms with Crippen LogP contribution in [0, 0.1) is 10.1 Å². The molecule has 1 heterocycles. The summed E-state index contributed by atoms with van der Waals surface area (Å²) in [5.41, 5.74) is 0.376. The number of nitro benzene ring substituents is 1. The van der Waals surface area contributed by atoms with Gasteiger partial charge in [-0.25, -0.2) is 4.79 Å². The van der Waals surface area contributed by atoms with E-state index in [-0.39, 0.29) is 48.4 Å². The van der Waals surface area contributed by atoms with Gasteiger partial charge in [-0.15, -0.1) is 0 Å². The Kier molecular flexibility index (Phi) is 5.35. The van der Waals surface area contributed by atoms with Gasteiger partial charge in [0, 0.05) is 12.6 Å². The topological polar surface area (TPSA) is 116 Å². The molecule has 0 aromatic heterocycles. The summed E-state index contributed by atoms with van der Waals surface area (Å²) in [4.78, 5) is 48.0. The Bertz CT molecular complexity index is 936. The molecule has 9 heteroatoms. The van der Waals surface area contributed by atoms with Crippen LogP contribution in [0.2, 0.25) is 0 Å². The Morgan fingerprint density at radius 1 is 1.11 bits per heavy atom. The number of carbonyl (C=O) groups excluding carboxylic acids is 3. The highest BCUT2D eigenvalue weighted by Crippen LogP contribution is 2.28. The van der Waals surface area contributed by atoms with E-state index in [0.717, 1.165) is 11.0 Å². The average Bonchev–Trinajstić information content (AvgIpc) is 2.95. The van der Waals surface area contributed by atoms with Crippen LogP contribution in [0.25, 0.3) is 0 Å². The van der Waals surface area contributed by atoms with E-state index in [9.17, 15) is 24.5 Å². The molecule has 2 amide bonds. The molecule has 0 aliphatic carbocycles. The third-order valence-corrected chi connectivity index (χ3v) is 4.25.